The number of carboxylic acid groups (broad SMARTS) is 2. The summed E-state index contributed by atoms with van der Waals surface area (Å²) >= 11 is -2.32. The molecule has 0 aliphatic heterocycles. The van der Waals surface area contributed by atoms with E-state index in [0.717, 1.165) is 0 Å². The first-order valence-electron chi connectivity index (χ1n) is 3.56. The molecule has 0 radical (unpaired) electrons. The van der Waals surface area contributed by atoms with Crippen molar-refractivity contribution in [3.05, 3.63) is 0 Å². The number of hydrogen-bond acceptors (Lipinski definition) is 5. The molecular weight excluding hydrogens is 216 g/mol. The van der Waals surface area contributed by atoms with E-state index in [1.165, 1.54) is 0 Å². The van der Waals surface area contributed by atoms with Crippen LogP contribution in [-0.2, 0) is 25.1 Å². The van der Waals surface area contributed by atoms with E-state index in [9.17, 15) is 18.4 Å². The summed E-state index contributed by atoms with van der Waals surface area (Å²) in [6.07, 6.45) is -0.593. The quantitative estimate of drug-likeness (QED) is 0.620. The Bertz CT molecular complexity index is 188. The second-order valence-electron chi connectivity index (χ2n) is 1.90. The minimum Gasteiger partial charge on any atom is -0.750 e. The molecule has 0 spiro atoms. The monoisotopic (exact) mass is 227 g/mol. The minimum atomic E-state index is -2.32. The second kappa shape index (κ2) is 10.1. The molecular formula is C6H11O7S-. The van der Waals surface area contributed by atoms with E-state index in [1.54, 1.807) is 6.92 Å². The van der Waals surface area contributed by atoms with Gasteiger partial charge in [0.25, 0.3) is 0 Å². The van der Waals surface area contributed by atoms with E-state index in [0.29, 0.717) is 0 Å². The highest BCUT2D eigenvalue weighted by molar-refractivity contribution is 7.74. The van der Waals surface area contributed by atoms with Crippen molar-refractivity contribution in [3.8, 4) is 0 Å². The summed E-state index contributed by atoms with van der Waals surface area (Å²) in [5.41, 5.74) is 0. The lowest BCUT2D eigenvalue weighted by Gasteiger charge is -1.98. The highest BCUT2D eigenvalue weighted by Gasteiger charge is 2.00. The maximum Gasteiger partial charge on any atom is 0.303 e. The van der Waals surface area contributed by atoms with Gasteiger partial charge < -0.3 is 18.9 Å². The van der Waals surface area contributed by atoms with E-state index in [1.807, 2.05) is 0 Å². The van der Waals surface area contributed by atoms with Crippen LogP contribution < -0.4 is 0 Å². The fraction of sp³-hybridized carbons (Fsp3) is 0.667. The molecule has 8 heteroatoms. The van der Waals surface area contributed by atoms with Gasteiger partial charge in [-0.25, -0.2) is 4.21 Å². The van der Waals surface area contributed by atoms with Crippen LogP contribution in [0.15, 0.2) is 0 Å². The molecule has 84 valence electrons. The maximum absolute atomic E-state index is 9.64. The summed E-state index contributed by atoms with van der Waals surface area (Å²) in [7, 11) is 0. The molecule has 0 fully saturated rings. The van der Waals surface area contributed by atoms with Gasteiger partial charge in [0.15, 0.2) is 0 Å². The molecule has 0 bridgehead atoms. The molecule has 0 aromatic rings. The third-order valence-electron chi connectivity index (χ3n) is 0.767. The summed E-state index contributed by atoms with van der Waals surface area (Å²) < 4.78 is 22.7. The predicted octanol–water partition coefficient (Wildman–Crippen LogP) is -0.247. The highest BCUT2D eigenvalue weighted by Crippen LogP contribution is 1.86. The van der Waals surface area contributed by atoms with E-state index < -0.39 is 23.3 Å². The Balaban J connectivity index is 0. The molecule has 1 atom stereocenters. The molecule has 0 aromatic heterocycles. The summed E-state index contributed by atoms with van der Waals surface area (Å²) in [5.74, 6) is -2.15. The molecule has 14 heavy (non-hydrogen) atoms. The van der Waals surface area contributed by atoms with Gasteiger partial charge in [-0.15, -0.1) is 0 Å². The van der Waals surface area contributed by atoms with Gasteiger partial charge in [-0.2, -0.15) is 0 Å². The van der Waals surface area contributed by atoms with Gasteiger partial charge in [0.2, 0.25) is 0 Å². The van der Waals surface area contributed by atoms with Gasteiger partial charge >= 0.3 is 11.9 Å². The predicted molar refractivity (Wildman–Crippen MR) is 45.1 cm³/mol. The van der Waals surface area contributed by atoms with Crippen LogP contribution in [0.25, 0.3) is 0 Å². The Morgan fingerprint density at radius 1 is 1.29 bits per heavy atom. The van der Waals surface area contributed by atoms with Gasteiger partial charge in [0.05, 0.1) is 30.8 Å². The molecule has 0 amide bonds. The van der Waals surface area contributed by atoms with Crippen molar-refractivity contribution in [2.24, 2.45) is 0 Å². The van der Waals surface area contributed by atoms with Crippen molar-refractivity contribution in [1.29, 1.82) is 0 Å². The van der Waals surface area contributed by atoms with Crippen LogP contribution in [0.4, 0.5) is 0 Å². The van der Waals surface area contributed by atoms with Crippen LogP contribution >= 0.6 is 0 Å². The minimum absolute atomic E-state index is 0.218. The zero-order valence-electron chi connectivity index (χ0n) is 7.47. The van der Waals surface area contributed by atoms with Gasteiger partial charge in [-0.05, 0) is 6.92 Å². The summed E-state index contributed by atoms with van der Waals surface area (Å²) in [5, 5.41) is 15.8. The van der Waals surface area contributed by atoms with E-state index in [2.05, 4.69) is 4.18 Å². The van der Waals surface area contributed by atoms with Crippen molar-refractivity contribution in [2.45, 2.75) is 19.8 Å². The van der Waals surface area contributed by atoms with Crippen LogP contribution in [-0.4, -0.2) is 37.5 Å². The number of carbonyl (C=O) groups is 2. The molecule has 0 heterocycles. The molecule has 7 nitrogen and oxygen atoms in total. The Morgan fingerprint density at radius 3 is 1.71 bits per heavy atom. The van der Waals surface area contributed by atoms with Crippen LogP contribution in [0.1, 0.15) is 19.8 Å². The first-order valence-corrected chi connectivity index (χ1v) is 4.56. The normalized spacial score (nSPS) is 11.0. The Labute approximate surface area is 83.2 Å². The van der Waals surface area contributed by atoms with Crippen molar-refractivity contribution < 1.29 is 32.7 Å². The standard InChI is InChI=1S/C4H6O4.C2H6O3S/c5-3(6)1-2-4(7)8;1-2-5-6(3)4/h1-2H2,(H,5,6)(H,7,8);2H2,1H3,(H,3,4)/p-1. The van der Waals surface area contributed by atoms with Gasteiger partial charge in [0, 0.05) is 0 Å². The van der Waals surface area contributed by atoms with E-state index in [-0.39, 0.29) is 19.4 Å². The largest absolute Gasteiger partial charge is 0.750 e. The zero-order valence-corrected chi connectivity index (χ0v) is 8.28. The second-order valence-corrected chi connectivity index (χ2v) is 2.54. The van der Waals surface area contributed by atoms with Crippen LogP contribution in [0.5, 0.6) is 0 Å². The number of carboxylic acids is 2. The lowest BCUT2D eigenvalue weighted by atomic mass is 10.3. The smallest absolute Gasteiger partial charge is 0.303 e. The van der Waals surface area contributed by atoms with E-state index >= 15 is 0 Å². The van der Waals surface area contributed by atoms with Crippen molar-refractivity contribution in [1.82, 2.24) is 0 Å². The molecule has 0 aliphatic carbocycles. The summed E-state index contributed by atoms with van der Waals surface area (Å²) in [6, 6.07) is 0. The number of rotatable bonds is 5. The third kappa shape index (κ3) is 22.5. The van der Waals surface area contributed by atoms with Gasteiger partial charge in [-0.3, -0.25) is 9.59 Å². The average molecular weight is 227 g/mol. The van der Waals surface area contributed by atoms with Gasteiger partial charge in [-0.1, -0.05) is 0 Å². The lowest BCUT2D eigenvalue weighted by molar-refractivity contribution is -0.143. The summed E-state index contributed by atoms with van der Waals surface area (Å²) in [4.78, 5) is 19.3. The van der Waals surface area contributed by atoms with E-state index in [4.69, 9.17) is 10.2 Å². The first-order chi connectivity index (χ1) is 6.40. The zero-order chi connectivity index (χ0) is 11.6. The average Bonchev–Trinajstić information content (AvgIpc) is 2.01. The molecule has 0 rings (SSSR count). The summed E-state index contributed by atoms with van der Waals surface area (Å²) in [6.45, 7) is 1.83. The molecule has 0 saturated heterocycles. The van der Waals surface area contributed by atoms with Crippen LogP contribution in [0, 0.1) is 0 Å². The van der Waals surface area contributed by atoms with Crippen molar-refractivity contribution in [2.75, 3.05) is 6.61 Å². The van der Waals surface area contributed by atoms with Crippen LogP contribution in [0.3, 0.4) is 0 Å². The molecule has 0 saturated carbocycles. The topological polar surface area (TPSA) is 124 Å². The number of hydrogen-bond donors (Lipinski definition) is 2. The first kappa shape index (κ1) is 15.5. The highest BCUT2D eigenvalue weighted by atomic mass is 32.2. The van der Waals surface area contributed by atoms with Gasteiger partial charge in [0.1, 0.15) is 0 Å². The lowest BCUT2D eigenvalue weighted by Crippen LogP contribution is -2.00. The van der Waals surface area contributed by atoms with Crippen molar-refractivity contribution >= 4 is 23.3 Å². The van der Waals surface area contributed by atoms with Crippen LogP contribution in [0.2, 0.25) is 0 Å². The number of aliphatic carboxylic acids is 2. The Hall–Kier alpha value is -0.990. The molecule has 2 N–H and O–H groups in total. The fourth-order valence-corrected chi connectivity index (χ4v) is 0.503. The van der Waals surface area contributed by atoms with Crippen molar-refractivity contribution in [3.63, 3.8) is 0 Å². The molecule has 0 aromatic carbocycles. The Morgan fingerprint density at radius 2 is 1.64 bits per heavy atom. The molecule has 1 unspecified atom stereocenters. The fourth-order valence-electron chi connectivity index (χ4n) is 0.310. The third-order valence-corrected chi connectivity index (χ3v) is 1.19. The Kier molecular flexibility index (Phi) is 11.2. The maximum atomic E-state index is 9.64. The molecule has 0 aliphatic rings. The SMILES string of the molecule is CCOS(=O)[O-].O=C(O)CCC(=O)O.